The van der Waals surface area contributed by atoms with Gasteiger partial charge in [-0.3, -0.25) is 20.4 Å². The topological polar surface area (TPSA) is 76.7 Å². The Labute approximate surface area is 163 Å². The monoisotopic (exact) mass is 376 g/mol. The van der Waals surface area contributed by atoms with Crippen molar-refractivity contribution < 1.29 is 19.1 Å². The predicted octanol–water partition coefficient (Wildman–Crippen LogP) is 3.20. The van der Waals surface area contributed by atoms with E-state index < -0.39 is 11.8 Å². The first kappa shape index (κ1) is 19.0. The molecule has 0 atom stereocenters. The molecule has 0 aliphatic rings. The third kappa shape index (κ3) is 5.11. The zero-order valence-corrected chi connectivity index (χ0v) is 15.3. The fraction of sp³-hybridized carbons (Fsp3) is 0.0909. The van der Waals surface area contributed by atoms with Crippen molar-refractivity contribution in [2.45, 2.75) is 0 Å². The van der Waals surface area contributed by atoms with Crippen LogP contribution in [-0.4, -0.2) is 25.5 Å². The van der Waals surface area contributed by atoms with E-state index in [-0.39, 0.29) is 6.61 Å². The molecule has 0 spiro atoms. The number of amides is 2. The van der Waals surface area contributed by atoms with E-state index in [2.05, 4.69) is 10.9 Å². The molecule has 0 saturated heterocycles. The zero-order valence-electron chi connectivity index (χ0n) is 15.3. The first-order valence-corrected chi connectivity index (χ1v) is 8.67. The summed E-state index contributed by atoms with van der Waals surface area (Å²) in [5.74, 6) is 0.320. The molecule has 2 N–H and O–H groups in total. The maximum Gasteiger partial charge on any atom is 0.276 e. The Bertz CT molecular complexity index is 923. The molecule has 6 heteroatoms. The summed E-state index contributed by atoms with van der Waals surface area (Å²) < 4.78 is 10.5. The Morgan fingerprint density at radius 1 is 0.750 bits per heavy atom. The zero-order chi connectivity index (χ0) is 19.8. The third-order valence-electron chi connectivity index (χ3n) is 4.00. The number of benzene rings is 3. The van der Waals surface area contributed by atoms with E-state index in [0.717, 1.165) is 11.1 Å². The van der Waals surface area contributed by atoms with E-state index in [0.29, 0.717) is 17.1 Å². The lowest BCUT2D eigenvalue weighted by Crippen LogP contribution is -2.43. The van der Waals surface area contributed by atoms with Gasteiger partial charge in [0.15, 0.2) is 6.61 Å². The Balaban J connectivity index is 1.45. The van der Waals surface area contributed by atoms with Gasteiger partial charge < -0.3 is 9.47 Å². The van der Waals surface area contributed by atoms with E-state index in [4.69, 9.17) is 9.47 Å². The van der Waals surface area contributed by atoms with Gasteiger partial charge in [-0.2, -0.15) is 0 Å². The van der Waals surface area contributed by atoms with Gasteiger partial charge in [0.05, 0.1) is 7.11 Å². The second-order valence-corrected chi connectivity index (χ2v) is 5.91. The summed E-state index contributed by atoms with van der Waals surface area (Å²) >= 11 is 0. The van der Waals surface area contributed by atoms with Gasteiger partial charge in [0, 0.05) is 5.56 Å². The number of hydrogen-bond acceptors (Lipinski definition) is 4. The highest BCUT2D eigenvalue weighted by Crippen LogP contribution is 2.21. The van der Waals surface area contributed by atoms with Gasteiger partial charge in [-0.05, 0) is 47.5 Å². The molecule has 3 rings (SSSR count). The van der Waals surface area contributed by atoms with E-state index in [1.807, 2.05) is 42.5 Å². The first-order valence-electron chi connectivity index (χ1n) is 8.67. The summed E-state index contributed by atoms with van der Waals surface area (Å²) in [6.07, 6.45) is 0. The highest BCUT2D eigenvalue weighted by Gasteiger charge is 2.08. The molecule has 0 aliphatic carbocycles. The molecule has 0 aromatic heterocycles. The second kappa shape index (κ2) is 9.23. The number of carbonyl (C=O) groups excluding carboxylic acids is 2. The number of hydrazine groups is 1. The van der Waals surface area contributed by atoms with Crippen LogP contribution >= 0.6 is 0 Å². The molecule has 0 aliphatic heterocycles. The lowest BCUT2D eigenvalue weighted by Gasteiger charge is -2.10. The molecular weight excluding hydrogens is 356 g/mol. The van der Waals surface area contributed by atoms with Crippen molar-refractivity contribution in [1.29, 1.82) is 0 Å². The fourth-order valence-corrected chi connectivity index (χ4v) is 2.50. The molecule has 6 nitrogen and oxygen atoms in total. The number of carbonyl (C=O) groups is 2. The van der Waals surface area contributed by atoms with Gasteiger partial charge in [0.2, 0.25) is 0 Å². The number of methoxy groups -OCH3 is 1. The SMILES string of the molecule is COc1ccc(C(=O)NNC(=O)COc2ccc(-c3ccccc3)cc2)cc1. The van der Waals surface area contributed by atoms with Crippen LogP contribution in [0.25, 0.3) is 11.1 Å². The van der Waals surface area contributed by atoms with Crippen LogP contribution in [0.3, 0.4) is 0 Å². The van der Waals surface area contributed by atoms with Crippen molar-refractivity contribution in [3.63, 3.8) is 0 Å². The first-order chi connectivity index (χ1) is 13.7. The summed E-state index contributed by atoms with van der Waals surface area (Å²) in [5.41, 5.74) is 7.23. The van der Waals surface area contributed by atoms with E-state index in [9.17, 15) is 9.59 Å². The van der Waals surface area contributed by atoms with Crippen LogP contribution in [0.15, 0.2) is 78.9 Å². The van der Waals surface area contributed by atoms with Crippen LogP contribution in [-0.2, 0) is 4.79 Å². The molecule has 2 amide bonds. The summed E-state index contributed by atoms with van der Waals surface area (Å²) in [7, 11) is 1.55. The molecular formula is C22H20N2O4. The summed E-state index contributed by atoms with van der Waals surface area (Å²) in [6, 6.07) is 23.9. The minimum atomic E-state index is -0.464. The Morgan fingerprint density at radius 3 is 2.00 bits per heavy atom. The number of ether oxygens (including phenoxy) is 2. The largest absolute Gasteiger partial charge is 0.497 e. The van der Waals surface area contributed by atoms with E-state index >= 15 is 0 Å². The molecule has 3 aromatic rings. The Morgan fingerprint density at radius 2 is 1.36 bits per heavy atom. The predicted molar refractivity (Wildman–Crippen MR) is 106 cm³/mol. The molecule has 0 heterocycles. The molecule has 142 valence electrons. The quantitative estimate of drug-likeness (QED) is 0.648. The lowest BCUT2D eigenvalue weighted by atomic mass is 10.1. The average molecular weight is 376 g/mol. The number of hydrogen-bond donors (Lipinski definition) is 2. The highest BCUT2D eigenvalue weighted by molar-refractivity contribution is 5.95. The van der Waals surface area contributed by atoms with Gasteiger partial charge in [0.1, 0.15) is 11.5 Å². The van der Waals surface area contributed by atoms with Crippen molar-refractivity contribution in [2.75, 3.05) is 13.7 Å². The van der Waals surface area contributed by atoms with Crippen molar-refractivity contribution in [1.82, 2.24) is 10.9 Å². The average Bonchev–Trinajstić information content (AvgIpc) is 2.77. The maximum atomic E-state index is 12.0. The molecule has 0 bridgehead atoms. The van der Waals surface area contributed by atoms with Crippen LogP contribution in [0.5, 0.6) is 11.5 Å². The smallest absolute Gasteiger partial charge is 0.276 e. The molecule has 0 unspecified atom stereocenters. The van der Waals surface area contributed by atoms with E-state index in [1.165, 1.54) is 0 Å². The summed E-state index contributed by atoms with van der Waals surface area (Å²) in [6.45, 7) is -0.215. The van der Waals surface area contributed by atoms with Crippen LogP contribution < -0.4 is 20.3 Å². The van der Waals surface area contributed by atoms with Crippen LogP contribution in [0, 0.1) is 0 Å². The second-order valence-electron chi connectivity index (χ2n) is 5.91. The maximum absolute atomic E-state index is 12.0. The lowest BCUT2D eigenvalue weighted by molar-refractivity contribution is -0.123. The van der Waals surface area contributed by atoms with Gasteiger partial charge in [0.25, 0.3) is 11.8 Å². The molecule has 0 radical (unpaired) electrons. The molecule has 28 heavy (non-hydrogen) atoms. The minimum Gasteiger partial charge on any atom is -0.497 e. The van der Waals surface area contributed by atoms with Crippen molar-refractivity contribution >= 4 is 11.8 Å². The molecule has 0 saturated carbocycles. The normalized spacial score (nSPS) is 10.0. The van der Waals surface area contributed by atoms with Gasteiger partial charge in [-0.1, -0.05) is 42.5 Å². The number of nitrogens with one attached hydrogen (secondary N) is 2. The third-order valence-corrected chi connectivity index (χ3v) is 4.00. The Hall–Kier alpha value is -3.80. The number of rotatable bonds is 6. The fourth-order valence-electron chi connectivity index (χ4n) is 2.50. The van der Waals surface area contributed by atoms with Crippen LogP contribution in [0.1, 0.15) is 10.4 Å². The molecule has 0 fully saturated rings. The standard InChI is InChI=1S/C22H20N2O4/c1-27-19-11-9-18(10-12-19)22(26)24-23-21(25)15-28-20-13-7-17(8-14-20)16-5-3-2-4-6-16/h2-14H,15H2,1H3,(H,23,25)(H,24,26). The van der Waals surface area contributed by atoms with Crippen LogP contribution in [0.2, 0.25) is 0 Å². The van der Waals surface area contributed by atoms with Crippen molar-refractivity contribution in [3.8, 4) is 22.6 Å². The molecule has 3 aromatic carbocycles. The van der Waals surface area contributed by atoms with Crippen molar-refractivity contribution in [3.05, 3.63) is 84.4 Å². The van der Waals surface area contributed by atoms with Gasteiger partial charge in [-0.15, -0.1) is 0 Å². The van der Waals surface area contributed by atoms with Gasteiger partial charge in [-0.25, -0.2) is 0 Å². The summed E-state index contributed by atoms with van der Waals surface area (Å²) in [5, 5.41) is 0. The van der Waals surface area contributed by atoms with E-state index in [1.54, 1.807) is 43.5 Å². The van der Waals surface area contributed by atoms with Crippen LogP contribution in [0.4, 0.5) is 0 Å². The highest BCUT2D eigenvalue weighted by atomic mass is 16.5. The minimum absolute atomic E-state index is 0.215. The van der Waals surface area contributed by atoms with Gasteiger partial charge >= 0.3 is 0 Å². The Kier molecular flexibility index (Phi) is 6.25. The van der Waals surface area contributed by atoms with Crippen molar-refractivity contribution in [2.24, 2.45) is 0 Å². The summed E-state index contributed by atoms with van der Waals surface area (Å²) in [4.78, 5) is 23.9.